The second-order valence-electron chi connectivity index (χ2n) is 3.85. The van der Waals surface area contributed by atoms with Crippen molar-refractivity contribution in [2.45, 2.75) is 19.4 Å². The van der Waals surface area contributed by atoms with Crippen LogP contribution in [0, 0.1) is 6.08 Å². The highest BCUT2D eigenvalue weighted by Gasteiger charge is 2.16. The van der Waals surface area contributed by atoms with Crippen molar-refractivity contribution in [3.63, 3.8) is 0 Å². The molecule has 78 valence electrons. The maximum absolute atomic E-state index is 12.6. The normalized spacial score (nSPS) is 11.5. The topological polar surface area (TPSA) is 49.2 Å². The van der Waals surface area contributed by atoms with Gasteiger partial charge in [0.1, 0.15) is 5.82 Å². The van der Waals surface area contributed by atoms with Gasteiger partial charge in [-0.1, -0.05) is 0 Å². The predicted molar refractivity (Wildman–Crippen MR) is 51.6 cm³/mol. The highest BCUT2D eigenvalue weighted by Crippen LogP contribution is 2.11. The number of likely N-dealkylation sites (N-methyl/N-ethyl adjacent to an activating group) is 1. The van der Waals surface area contributed by atoms with Crippen LogP contribution in [-0.4, -0.2) is 34.3 Å². The first kappa shape index (κ1) is 10.8. The molecule has 0 radical (unpaired) electrons. The van der Waals surface area contributed by atoms with E-state index in [4.69, 9.17) is 0 Å². The number of nitrogens with zero attached hydrogens (tertiary/aromatic N) is 3. The maximum atomic E-state index is 12.6. The summed E-state index contributed by atoms with van der Waals surface area (Å²) in [5.41, 5.74) is -0.837. The lowest BCUT2D eigenvalue weighted by molar-refractivity contribution is 0.0884. The summed E-state index contributed by atoms with van der Waals surface area (Å²) in [6.45, 7) is 3.74. The Bertz CT molecular complexity index is 311. The number of hydrogen-bond donors (Lipinski definition) is 1. The fraction of sp³-hybridized carbons (Fsp3) is 0.556. The Labute approximate surface area is 82.4 Å². The van der Waals surface area contributed by atoms with E-state index in [0.29, 0.717) is 12.4 Å². The lowest BCUT2D eigenvalue weighted by Gasteiger charge is -2.26. The molecule has 0 aliphatic carbocycles. The van der Waals surface area contributed by atoms with E-state index in [9.17, 15) is 9.50 Å². The smallest absolute Gasteiger partial charge is 0.310 e. The molecule has 0 saturated heterocycles. The first-order valence-corrected chi connectivity index (χ1v) is 4.30. The third-order valence-electron chi connectivity index (χ3n) is 1.63. The summed E-state index contributed by atoms with van der Waals surface area (Å²) >= 11 is 0. The molecule has 0 spiro atoms. The van der Waals surface area contributed by atoms with Crippen LogP contribution in [0.1, 0.15) is 13.8 Å². The Morgan fingerprint density at radius 2 is 2.21 bits per heavy atom. The van der Waals surface area contributed by atoms with E-state index in [1.165, 1.54) is 6.20 Å². The van der Waals surface area contributed by atoms with E-state index in [2.05, 4.69) is 9.97 Å². The van der Waals surface area contributed by atoms with Gasteiger partial charge in [0.25, 0.3) is 0 Å². The number of aromatic nitrogens is 2. The van der Waals surface area contributed by atoms with Gasteiger partial charge >= 0.3 is 6.08 Å². The lowest BCUT2D eigenvalue weighted by Crippen LogP contribution is -2.36. The Morgan fingerprint density at radius 3 is 2.71 bits per heavy atom. The van der Waals surface area contributed by atoms with E-state index >= 15 is 0 Å². The third-order valence-corrected chi connectivity index (χ3v) is 1.63. The summed E-state index contributed by atoms with van der Waals surface area (Å²) in [7, 11) is 1.74. The molecule has 0 saturated carbocycles. The van der Waals surface area contributed by atoms with E-state index in [1.807, 2.05) is 0 Å². The van der Waals surface area contributed by atoms with Gasteiger partial charge in [0.05, 0.1) is 5.60 Å². The third kappa shape index (κ3) is 3.26. The van der Waals surface area contributed by atoms with Crippen molar-refractivity contribution in [1.29, 1.82) is 0 Å². The number of halogens is 1. The van der Waals surface area contributed by atoms with Crippen LogP contribution in [0.25, 0.3) is 0 Å². The monoisotopic (exact) mass is 199 g/mol. The molecule has 0 aliphatic heterocycles. The molecule has 1 rings (SSSR count). The molecule has 0 aliphatic rings. The summed E-state index contributed by atoms with van der Waals surface area (Å²) in [6, 6.07) is 1.59. The first-order chi connectivity index (χ1) is 6.38. The molecule has 0 aromatic carbocycles. The van der Waals surface area contributed by atoms with E-state index in [0.717, 1.165) is 0 Å². The number of anilines is 1. The van der Waals surface area contributed by atoms with Crippen molar-refractivity contribution in [3.8, 4) is 0 Å². The summed E-state index contributed by atoms with van der Waals surface area (Å²) in [6.07, 6.45) is 0.587. The largest absolute Gasteiger partial charge is 0.389 e. The molecular weight excluding hydrogens is 185 g/mol. The molecule has 0 bridgehead atoms. The van der Waals surface area contributed by atoms with E-state index < -0.39 is 11.7 Å². The van der Waals surface area contributed by atoms with Crippen molar-refractivity contribution in [3.05, 3.63) is 18.3 Å². The van der Waals surface area contributed by atoms with Gasteiger partial charge in [-0.05, 0) is 19.9 Å². The van der Waals surface area contributed by atoms with Crippen LogP contribution in [0.2, 0.25) is 0 Å². The van der Waals surface area contributed by atoms with Crippen LogP contribution < -0.4 is 4.90 Å². The Balaban J connectivity index is 2.74. The first-order valence-electron chi connectivity index (χ1n) is 4.30. The average Bonchev–Trinajstić information content (AvgIpc) is 2.01. The molecule has 1 aromatic rings. The van der Waals surface area contributed by atoms with Crippen LogP contribution >= 0.6 is 0 Å². The van der Waals surface area contributed by atoms with E-state index in [-0.39, 0.29) is 0 Å². The van der Waals surface area contributed by atoms with Gasteiger partial charge in [0, 0.05) is 19.8 Å². The minimum absolute atomic E-state index is 0.378. The molecule has 1 aromatic heterocycles. The minimum atomic E-state index is -0.837. The molecule has 1 N–H and O–H groups in total. The molecule has 1 heterocycles. The highest BCUT2D eigenvalue weighted by atomic mass is 19.1. The van der Waals surface area contributed by atoms with Crippen LogP contribution in [0.3, 0.4) is 0 Å². The van der Waals surface area contributed by atoms with Crippen molar-refractivity contribution < 1.29 is 9.50 Å². The maximum Gasteiger partial charge on any atom is 0.310 e. The quantitative estimate of drug-likeness (QED) is 0.732. The Hall–Kier alpha value is -1.23. The van der Waals surface area contributed by atoms with Crippen LogP contribution in [-0.2, 0) is 0 Å². The van der Waals surface area contributed by atoms with Gasteiger partial charge in [-0.2, -0.15) is 9.37 Å². The van der Waals surface area contributed by atoms with Crippen molar-refractivity contribution >= 4 is 5.82 Å². The Morgan fingerprint density at radius 1 is 1.57 bits per heavy atom. The van der Waals surface area contributed by atoms with Crippen LogP contribution in [0.5, 0.6) is 0 Å². The number of hydrogen-bond acceptors (Lipinski definition) is 4. The predicted octanol–water partition coefficient (Wildman–Crippen LogP) is 0.823. The van der Waals surface area contributed by atoms with E-state index in [1.54, 1.807) is 31.9 Å². The van der Waals surface area contributed by atoms with Gasteiger partial charge in [0.15, 0.2) is 0 Å². The SMILES string of the molecule is CN(CC(C)(C)O)c1ccnc(F)n1. The second-order valence-corrected chi connectivity index (χ2v) is 3.85. The zero-order valence-electron chi connectivity index (χ0n) is 8.53. The molecule has 0 atom stereocenters. The van der Waals surface area contributed by atoms with Crippen molar-refractivity contribution in [2.24, 2.45) is 0 Å². The van der Waals surface area contributed by atoms with Crippen molar-refractivity contribution in [1.82, 2.24) is 9.97 Å². The van der Waals surface area contributed by atoms with Gasteiger partial charge in [-0.3, -0.25) is 0 Å². The zero-order chi connectivity index (χ0) is 10.8. The van der Waals surface area contributed by atoms with Gasteiger partial charge in [-0.25, -0.2) is 4.98 Å². The number of aliphatic hydroxyl groups is 1. The zero-order valence-corrected chi connectivity index (χ0v) is 8.53. The molecule has 14 heavy (non-hydrogen) atoms. The molecule has 5 heteroatoms. The van der Waals surface area contributed by atoms with Crippen LogP contribution in [0.4, 0.5) is 10.2 Å². The summed E-state index contributed by atoms with van der Waals surface area (Å²) in [5.74, 6) is 0.458. The summed E-state index contributed by atoms with van der Waals surface area (Å²) in [4.78, 5) is 8.62. The highest BCUT2D eigenvalue weighted by molar-refractivity contribution is 5.35. The Kier molecular flexibility index (Phi) is 3.00. The molecule has 0 unspecified atom stereocenters. The van der Waals surface area contributed by atoms with Gasteiger partial charge < -0.3 is 10.0 Å². The lowest BCUT2D eigenvalue weighted by atomic mass is 10.1. The van der Waals surface area contributed by atoms with Crippen LogP contribution in [0.15, 0.2) is 12.3 Å². The second kappa shape index (κ2) is 3.88. The minimum Gasteiger partial charge on any atom is -0.389 e. The molecule has 0 amide bonds. The molecule has 4 nitrogen and oxygen atoms in total. The molecular formula is C9H14FN3O. The molecule has 0 fully saturated rings. The van der Waals surface area contributed by atoms with Gasteiger partial charge in [0.2, 0.25) is 0 Å². The van der Waals surface area contributed by atoms with Gasteiger partial charge in [-0.15, -0.1) is 0 Å². The number of rotatable bonds is 3. The average molecular weight is 199 g/mol. The summed E-state index contributed by atoms with van der Waals surface area (Å²) < 4.78 is 12.6. The summed E-state index contributed by atoms with van der Waals surface area (Å²) in [5, 5.41) is 9.54. The standard InChI is InChI=1S/C9H14FN3O/c1-9(2,14)6-13(3)7-4-5-11-8(10)12-7/h4-5,14H,6H2,1-3H3. The fourth-order valence-electron chi connectivity index (χ4n) is 1.20. The van der Waals surface area contributed by atoms with Crippen molar-refractivity contribution in [2.75, 3.05) is 18.5 Å². The fourth-order valence-corrected chi connectivity index (χ4v) is 1.20.